The summed E-state index contributed by atoms with van der Waals surface area (Å²) in [6.45, 7) is 2.39. The third-order valence-corrected chi connectivity index (χ3v) is 5.52. The van der Waals surface area contributed by atoms with Gasteiger partial charge >= 0.3 is 0 Å². The van der Waals surface area contributed by atoms with Gasteiger partial charge in [0.05, 0.1) is 15.7 Å². The highest BCUT2D eigenvalue weighted by Gasteiger charge is 2.24. The Morgan fingerprint density at radius 2 is 2.07 bits per heavy atom. The highest BCUT2D eigenvalue weighted by atomic mass is 127. The number of hydrogen-bond acceptors (Lipinski definition) is 4. The number of halogens is 4. The molecule has 0 radical (unpaired) electrons. The first-order chi connectivity index (χ1) is 13.4. The van der Waals surface area contributed by atoms with Crippen LogP contribution in [0.3, 0.4) is 0 Å². The van der Waals surface area contributed by atoms with Gasteiger partial charge in [-0.3, -0.25) is 4.79 Å². The zero-order valence-corrected chi connectivity index (χ0v) is 18.7. The van der Waals surface area contributed by atoms with Gasteiger partial charge in [0.25, 0.3) is 5.91 Å². The Hall–Kier alpha value is -1.30. The van der Waals surface area contributed by atoms with E-state index in [-0.39, 0.29) is 15.7 Å². The van der Waals surface area contributed by atoms with Gasteiger partial charge in [-0.25, -0.2) is 19.1 Å². The zero-order valence-electron chi connectivity index (χ0n) is 15.0. The molecule has 1 saturated heterocycles. The van der Waals surface area contributed by atoms with Crippen LogP contribution in [0.25, 0.3) is 0 Å². The molecule has 1 fully saturated rings. The first-order valence-corrected chi connectivity index (χ1v) is 10.5. The molecule has 28 heavy (non-hydrogen) atoms. The van der Waals surface area contributed by atoms with Crippen molar-refractivity contribution in [1.82, 2.24) is 5.48 Å². The molecule has 9 heteroatoms. The Bertz CT molecular complexity index is 892. The number of carbonyl (C=O) groups excluding carboxylic acids is 1. The predicted molar refractivity (Wildman–Crippen MR) is 113 cm³/mol. The third-order valence-electron chi connectivity index (χ3n) is 4.28. The third kappa shape index (κ3) is 5.00. The van der Waals surface area contributed by atoms with E-state index in [0.29, 0.717) is 18.7 Å². The van der Waals surface area contributed by atoms with Crippen LogP contribution in [0.1, 0.15) is 35.2 Å². The Kier molecular flexibility index (Phi) is 7.24. The summed E-state index contributed by atoms with van der Waals surface area (Å²) in [5, 5.41) is 2.84. The number of nitrogens with one attached hydrogen (secondary N) is 2. The molecule has 1 atom stereocenters. The summed E-state index contributed by atoms with van der Waals surface area (Å²) in [4.78, 5) is 17.9. The lowest BCUT2D eigenvalue weighted by Gasteiger charge is -2.22. The summed E-state index contributed by atoms with van der Waals surface area (Å²) in [7, 11) is 0. The second-order valence-electron chi connectivity index (χ2n) is 6.34. The molecule has 5 nitrogen and oxygen atoms in total. The molecule has 0 aromatic heterocycles. The van der Waals surface area contributed by atoms with Crippen LogP contribution >= 0.6 is 38.5 Å². The van der Waals surface area contributed by atoms with Gasteiger partial charge in [-0.15, -0.1) is 0 Å². The molecule has 1 aliphatic rings. The second-order valence-corrected chi connectivity index (χ2v) is 8.44. The molecule has 0 spiro atoms. The molecule has 1 unspecified atom stereocenters. The molecule has 1 amide bonds. The highest BCUT2D eigenvalue weighted by molar-refractivity contribution is 14.1. The number of aryl methyl sites for hydroxylation is 1. The molecule has 2 aromatic carbocycles. The Balaban J connectivity index is 1.87. The van der Waals surface area contributed by atoms with E-state index in [0.717, 1.165) is 22.0 Å². The van der Waals surface area contributed by atoms with E-state index >= 15 is 0 Å². The molecule has 0 bridgehead atoms. The Labute approximate surface area is 183 Å². The molecule has 2 aromatic rings. The summed E-state index contributed by atoms with van der Waals surface area (Å²) in [6, 6.07) is 6.67. The number of hydrogen-bond donors (Lipinski definition) is 2. The Morgan fingerprint density at radius 1 is 1.29 bits per heavy atom. The van der Waals surface area contributed by atoms with E-state index in [1.54, 1.807) is 6.07 Å². The van der Waals surface area contributed by atoms with Crippen molar-refractivity contribution < 1.29 is 23.1 Å². The summed E-state index contributed by atoms with van der Waals surface area (Å²) < 4.78 is 35.0. The van der Waals surface area contributed by atoms with Crippen molar-refractivity contribution in [2.24, 2.45) is 0 Å². The maximum atomic E-state index is 14.7. The van der Waals surface area contributed by atoms with Crippen molar-refractivity contribution in [2.45, 2.75) is 32.5 Å². The number of rotatable bonds is 5. The van der Waals surface area contributed by atoms with Crippen LogP contribution in [0.5, 0.6) is 0 Å². The Morgan fingerprint density at radius 3 is 2.75 bits per heavy atom. The molecule has 1 aliphatic heterocycles. The second kappa shape index (κ2) is 9.47. The van der Waals surface area contributed by atoms with E-state index < -0.39 is 23.8 Å². The fraction of sp³-hybridized carbons (Fsp3) is 0.316. The average Bonchev–Trinajstić information content (AvgIpc) is 2.68. The predicted octanol–water partition coefficient (Wildman–Crippen LogP) is 5.57. The van der Waals surface area contributed by atoms with Crippen LogP contribution in [0.4, 0.5) is 20.2 Å². The lowest BCUT2D eigenvalue weighted by atomic mass is 10.1. The summed E-state index contributed by atoms with van der Waals surface area (Å²) in [5.41, 5.74) is 3.30. The monoisotopic (exact) mass is 566 g/mol. The van der Waals surface area contributed by atoms with E-state index in [1.807, 2.05) is 19.1 Å². The van der Waals surface area contributed by atoms with E-state index in [9.17, 15) is 13.6 Å². The molecule has 0 aliphatic carbocycles. The zero-order chi connectivity index (χ0) is 20.3. The van der Waals surface area contributed by atoms with Gasteiger partial charge < -0.3 is 10.1 Å². The minimum atomic E-state index is -1.16. The van der Waals surface area contributed by atoms with Gasteiger partial charge in [0.15, 0.2) is 17.9 Å². The van der Waals surface area contributed by atoms with E-state index in [4.69, 9.17) is 9.57 Å². The first-order valence-electron chi connectivity index (χ1n) is 8.65. The van der Waals surface area contributed by atoms with Gasteiger partial charge in [0.1, 0.15) is 0 Å². The first kappa shape index (κ1) is 21.4. The summed E-state index contributed by atoms with van der Waals surface area (Å²) >= 11 is 5.11. The van der Waals surface area contributed by atoms with Crippen LogP contribution in [0.2, 0.25) is 0 Å². The molecular weight excluding hydrogens is 549 g/mol. The van der Waals surface area contributed by atoms with Crippen LogP contribution in [0, 0.1) is 22.1 Å². The summed E-state index contributed by atoms with van der Waals surface area (Å²) in [5.74, 6) is -2.95. The van der Waals surface area contributed by atoms with Gasteiger partial charge in [-0.2, -0.15) is 0 Å². The van der Waals surface area contributed by atoms with Crippen molar-refractivity contribution >= 4 is 55.8 Å². The summed E-state index contributed by atoms with van der Waals surface area (Å²) in [6.07, 6.45) is 1.96. The maximum Gasteiger partial charge on any atom is 0.277 e. The quantitative estimate of drug-likeness (QED) is 0.282. The molecule has 150 valence electrons. The average molecular weight is 567 g/mol. The highest BCUT2D eigenvalue weighted by Crippen LogP contribution is 2.32. The SMILES string of the molecule is Cc1cc(I)ccc1Nc1c(C(=O)NOC2CCCCO2)cc(Br)c(F)c1F. The van der Waals surface area contributed by atoms with Crippen molar-refractivity contribution in [3.8, 4) is 0 Å². The van der Waals surface area contributed by atoms with Crippen molar-refractivity contribution in [2.75, 3.05) is 11.9 Å². The lowest BCUT2D eigenvalue weighted by Crippen LogP contribution is -2.33. The number of anilines is 2. The molecular formula is C19H18BrF2IN2O3. The van der Waals surface area contributed by atoms with Gasteiger partial charge in [-0.1, -0.05) is 0 Å². The van der Waals surface area contributed by atoms with E-state index in [1.165, 1.54) is 6.07 Å². The molecule has 3 rings (SSSR count). The fourth-order valence-corrected chi connectivity index (χ4v) is 3.83. The number of ether oxygens (including phenoxy) is 1. The van der Waals surface area contributed by atoms with Crippen molar-refractivity contribution in [3.63, 3.8) is 0 Å². The van der Waals surface area contributed by atoms with Gasteiger partial charge in [0.2, 0.25) is 0 Å². The standard InChI is InChI=1S/C19H18BrF2IN2O3/c1-10-8-11(23)5-6-14(10)24-18-12(9-13(20)16(21)17(18)22)19(26)25-28-15-4-2-3-7-27-15/h5-6,8-9,15,24H,2-4,7H2,1H3,(H,25,26). The van der Waals surface area contributed by atoms with Crippen molar-refractivity contribution in [1.29, 1.82) is 0 Å². The maximum absolute atomic E-state index is 14.7. The van der Waals surface area contributed by atoms with Crippen LogP contribution in [0.15, 0.2) is 28.7 Å². The number of carbonyl (C=O) groups is 1. The van der Waals surface area contributed by atoms with Crippen LogP contribution < -0.4 is 10.8 Å². The molecule has 2 N–H and O–H groups in total. The largest absolute Gasteiger partial charge is 0.352 e. The van der Waals surface area contributed by atoms with Gasteiger partial charge in [-0.05, 0) is 88.1 Å². The lowest BCUT2D eigenvalue weighted by molar-refractivity contribution is -0.186. The van der Waals surface area contributed by atoms with Gasteiger partial charge in [0, 0.05) is 22.3 Å². The van der Waals surface area contributed by atoms with Crippen LogP contribution in [-0.2, 0) is 9.57 Å². The minimum absolute atomic E-state index is 0.0977. The smallest absolute Gasteiger partial charge is 0.277 e. The number of hydroxylamine groups is 1. The number of benzene rings is 2. The molecule has 1 heterocycles. The molecule has 0 saturated carbocycles. The van der Waals surface area contributed by atoms with Crippen molar-refractivity contribution in [3.05, 3.63) is 55.1 Å². The van der Waals surface area contributed by atoms with Crippen LogP contribution in [-0.4, -0.2) is 18.8 Å². The minimum Gasteiger partial charge on any atom is -0.352 e. The van der Waals surface area contributed by atoms with E-state index in [2.05, 4.69) is 49.3 Å². The fourth-order valence-electron chi connectivity index (χ4n) is 2.78. The topological polar surface area (TPSA) is 59.6 Å². The normalized spacial score (nSPS) is 16.7. The number of amides is 1.